The second-order valence-corrected chi connectivity index (χ2v) is 11.4. The quantitative estimate of drug-likeness (QED) is 0.315. The van der Waals surface area contributed by atoms with Crippen LogP contribution >= 0.6 is 23.5 Å². The molecular formula is C27H40N2O6S2. The highest BCUT2D eigenvalue weighted by atomic mass is 32.2. The minimum atomic E-state index is -0.842. The summed E-state index contributed by atoms with van der Waals surface area (Å²) in [6, 6.07) is 6.51. The number of ether oxygens (including phenoxy) is 1. The monoisotopic (exact) mass is 552 g/mol. The maximum atomic E-state index is 12.8. The number of esters is 1. The Morgan fingerprint density at radius 2 is 1.32 bits per heavy atom. The number of carbonyl (C=O) groups excluding carboxylic acids is 5. The topological polar surface area (TPSA) is 119 Å². The number of benzene rings is 1. The lowest BCUT2D eigenvalue weighted by Gasteiger charge is -2.18. The molecular weight excluding hydrogens is 512 g/mol. The van der Waals surface area contributed by atoms with Gasteiger partial charge >= 0.3 is 5.97 Å². The molecule has 206 valence electrons. The lowest BCUT2D eigenvalue weighted by atomic mass is 9.97. The summed E-state index contributed by atoms with van der Waals surface area (Å²) >= 11 is 2.13. The molecule has 0 saturated carbocycles. The summed E-state index contributed by atoms with van der Waals surface area (Å²) in [5.74, 6) is -0.342. The van der Waals surface area contributed by atoms with Gasteiger partial charge in [-0.2, -0.15) is 0 Å². The van der Waals surface area contributed by atoms with E-state index < -0.39 is 18.1 Å². The molecule has 2 N–H and O–H groups in total. The van der Waals surface area contributed by atoms with Gasteiger partial charge in [-0.25, -0.2) is 4.79 Å². The van der Waals surface area contributed by atoms with E-state index in [-0.39, 0.29) is 46.7 Å². The molecule has 3 atom stereocenters. The van der Waals surface area contributed by atoms with E-state index in [2.05, 4.69) is 36.6 Å². The molecule has 2 amide bonds. The number of hydrogen-bond donors (Lipinski definition) is 2. The number of thioether (sulfide) groups is 2. The van der Waals surface area contributed by atoms with Crippen LogP contribution in [0.25, 0.3) is 0 Å². The fraction of sp³-hybridized carbons (Fsp3) is 0.593. The largest absolute Gasteiger partial charge is 0.464 e. The molecule has 0 aliphatic rings. The van der Waals surface area contributed by atoms with Gasteiger partial charge in [0.15, 0.2) is 5.12 Å². The first-order chi connectivity index (χ1) is 17.4. The summed E-state index contributed by atoms with van der Waals surface area (Å²) in [4.78, 5) is 60.6. The van der Waals surface area contributed by atoms with Gasteiger partial charge in [-0.15, -0.1) is 0 Å². The molecule has 0 saturated heterocycles. The third-order valence-corrected chi connectivity index (χ3v) is 7.48. The van der Waals surface area contributed by atoms with Crippen molar-refractivity contribution in [2.75, 3.05) is 18.1 Å². The zero-order valence-electron chi connectivity index (χ0n) is 22.6. The Morgan fingerprint density at radius 3 is 1.84 bits per heavy atom. The van der Waals surface area contributed by atoms with E-state index in [0.29, 0.717) is 18.1 Å². The summed E-state index contributed by atoms with van der Waals surface area (Å²) in [6.07, 6.45) is 1.50. The van der Waals surface area contributed by atoms with Gasteiger partial charge in [0, 0.05) is 25.4 Å². The molecule has 0 bridgehead atoms. The summed E-state index contributed by atoms with van der Waals surface area (Å²) in [5.41, 5.74) is 2.19. The fourth-order valence-electron chi connectivity index (χ4n) is 3.56. The standard InChI is InChI=1S/C27H40N2O6S2/c1-7-35-25(32)23(28-19(5)30)12-14-37-27(34)24(29-20(6)31)13-15-36-26(33)18(4)22-10-8-21(9-11-22)16-17(2)3/h8-11,17-18,23-24H,7,12-16H2,1-6H3,(H,28,30)(H,29,31). The average molecular weight is 553 g/mol. The van der Waals surface area contributed by atoms with Gasteiger partial charge < -0.3 is 15.4 Å². The van der Waals surface area contributed by atoms with Gasteiger partial charge in [0.25, 0.3) is 0 Å². The van der Waals surface area contributed by atoms with E-state index in [1.54, 1.807) is 6.92 Å². The highest BCUT2D eigenvalue weighted by molar-refractivity contribution is 8.14. The molecule has 0 fully saturated rings. The van der Waals surface area contributed by atoms with Crippen LogP contribution < -0.4 is 10.6 Å². The summed E-state index contributed by atoms with van der Waals surface area (Å²) in [5, 5.41) is 4.93. The van der Waals surface area contributed by atoms with Crippen molar-refractivity contribution in [2.45, 2.75) is 78.8 Å². The second-order valence-electron chi connectivity index (χ2n) is 9.23. The molecule has 1 aromatic rings. The van der Waals surface area contributed by atoms with Gasteiger partial charge in [-0.05, 0) is 43.2 Å². The van der Waals surface area contributed by atoms with Crippen LogP contribution in [-0.4, -0.2) is 58.2 Å². The number of hydrogen-bond acceptors (Lipinski definition) is 8. The molecule has 0 spiro atoms. The van der Waals surface area contributed by atoms with Crippen molar-refractivity contribution in [2.24, 2.45) is 5.92 Å². The second kappa shape index (κ2) is 17.2. The first-order valence-corrected chi connectivity index (χ1v) is 14.5. The van der Waals surface area contributed by atoms with Gasteiger partial charge in [-0.1, -0.05) is 68.6 Å². The summed E-state index contributed by atoms with van der Waals surface area (Å²) in [7, 11) is 0. The van der Waals surface area contributed by atoms with Gasteiger partial charge in [-0.3, -0.25) is 19.2 Å². The molecule has 0 aliphatic carbocycles. The van der Waals surface area contributed by atoms with E-state index >= 15 is 0 Å². The molecule has 3 unspecified atom stereocenters. The van der Waals surface area contributed by atoms with Crippen LogP contribution in [-0.2, 0) is 35.1 Å². The van der Waals surface area contributed by atoms with E-state index in [1.807, 2.05) is 19.1 Å². The third kappa shape index (κ3) is 13.2. The van der Waals surface area contributed by atoms with Crippen LogP contribution in [0.5, 0.6) is 0 Å². The van der Waals surface area contributed by atoms with E-state index in [4.69, 9.17) is 4.74 Å². The Bertz CT molecular complexity index is 920. The van der Waals surface area contributed by atoms with Crippen LogP contribution in [0.4, 0.5) is 0 Å². The lowest BCUT2D eigenvalue weighted by molar-refractivity contribution is -0.147. The molecule has 37 heavy (non-hydrogen) atoms. The predicted octanol–water partition coefficient (Wildman–Crippen LogP) is 3.86. The van der Waals surface area contributed by atoms with Crippen molar-refractivity contribution in [3.63, 3.8) is 0 Å². The van der Waals surface area contributed by atoms with Crippen molar-refractivity contribution in [1.82, 2.24) is 10.6 Å². The van der Waals surface area contributed by atoms with E-state index in [1.165, 1.54) is 19.4 Å². The van der Waals surface area contributed by atoms with Crippen LogP contribution in [0.2, 0.25) is 0 Å². The Labute approximate surface area is 228 Å². The Kier molecular flexibility index (Phi) is 15.2. The smallest absolute Gasteiger partial charge is 0.328 e. The third-order valence-electron chi connectivity index (χ3n) is 5.39. The normalized spacial score (nSPS) is 13.4. The lowest BCUT2D eigenvalue weighted by Crippen LogP contribution is -2.42. The van der Waals surface area contributed by atoms with Crippen molar-refractivity contribution in [3.05, 3.63) is 35.4 Å². The Hall–Kier alpha value is -2.33. The SMILES string of the molecule is CCOC(=O)C(CCSC(=O)C(CCSC(=O)C(C)c1ccc(CC(C)C)cc1)NC(C)=O)NC(C)=O. The summed E-state index contributed by atoms with van der Waals surface area (Å²) < 4.78 is 4.97. The minimum absolute atomic E-state index is 0.00544. The van der Waals surface area contributed by atoms with Crippen molar-refractivity contribution >= 4 is 51.5 Å². The molecule has 0 aromatic heterocycles. The number of carbonyl (C=O) groups is 5. The number of nitrogens with one attached hydrogen (secondary N) is 2. The molecule has 0 radical (unpaired) electrons. The van der Waals surface area contributed by atoms with Crippen LogP contribution in [0, 0.1) is 5.92 Å². The molecule has 1 aromatic carbocycles. The van der Waals surface area contributed by atoms with E-state index in [0.717, 1.165) is 35.5 Å². The van der Waals surface area contributed by atoms with Gasteiger partial charge in [0.2, 0.25) is 16.9 Å². The Morgan fingerprint density at radius 1 is 0.811 bits per heavy atom. The molecule has 10 heteroatoms. The molecule has 1 rings (SSSR count). The molecule has 8 nitrogen and oxygen atoms in total. The summed E-state index contributed by atoms with van der Waals surface area (Å²) in [6.45, 7) is 10.7. The van der Waals surface area contributed by atoms with Crippen molar-refractivity contribution in [3.8, 4) is 0 Å². The number of rotatable bonds is 15. The van der Waals surface area contributed by atoms with Crippen molar-refractivity contribution < 1.29 is 28.7 Å². The molecule has 0 aliphatic heterocycles. The minimum Gasteiger partial charge on any atom is -0.464 e. The van der Waals surface area contributed by atoms with E-state index in [9.17, 15) is 24.0 Å². The maximum absolute atomic E-state index is 12.8. The van der Waals surface area contributed by atoms with Crippen molar-refractivity contribution in [1.29, 1.82) is 0 Å². The average Bonchev–Trinajstić information content (AvgIpc) is 2.81. The first-order valence-electron chi connectivity index (χ1n) is 12.6. The zero-order valence-corrected chi connectivity index (χ0v) is 24.3. The van der Waals surface area contributed by atoms with Crippen LogP contribution in [0.15, 0.2) is 24.3 Å². The zero-order chi connectivity index (χ0) is 28.0. The van der Waals surface area contributed by atoms with Gasteiger partial charge in [0.05, 0.1) is 18.6 Å². The van der Waals surface area contributed by atoms with Crippen LogP contribution in [0.3, 0.4) is 0 Å². The molecule has 0 heterocycles. The Balaban J connectivity index is 2.62. The van der Waals surface area contributed by atoms with Crippen LogP contribution in [0.1, 0.15) is 71.4 Å². The highest BCUT2D eigenvalue weighted by Gasteiger charge is 2.24. The predicted molar refractivity (Wildman–Crippen MR) is 149 cm³/mol. The first kappa shape index (κ1) is 32.7. The van der Waals surface area contributed by atoms with Gasteiger partial charge in [0.1, 0.15) is 6.04 Å². The fourth-order valence-corrected chi connectivity index (χ4v) is 5.44. The number of amides is 2. The maximum Gasteiger partial charge on any atom is 0.328 e. The highest BCUT2D eigenvalue weighted by Crippen LogP contribution is 2.24.